The van der Waals surface area contributed by atoms with Crippen LogP contribution >= 0.6 is 12.6 Å². The fourth-order valence-electron chi connectivity index (χ4n) is 2.63. The van der Waals surface area contributed by atoms with Crippen LogP contribution in [0.5, 0.6) is 5.75 Å². The number of rotatable bonds is 12. The van der Waals surface area contributed by atoms with E-state index >= 15 is 0 Å². The van der Waals surface area contributed by atoms with Crippen molar-refractivity contribution in [2.24, 2.45) is 10.2 Å². The van der Waals surface area contributed by atoms with E-state index in [0.717, 1.165) is 12.1 Å². The molecule has 0 radical (unpaired) electrons. The van der Waals surface area contributed by atoms with Crippen LogP contribution in [-0.2, 0) is 4.74 Å². The van der Waals surface area contributed by atoms with Crippen molar-refractivity contribution < 1.29 is 23.5 Å². The van der Waals surface area contributed by atoms with Crippen LogP contribution in [0.4, 0.5) is 4.39 Å². The highest BCUT2D eigenvalue weighted by atomic mass is 32.1. The summed E-state index contributed by atoms with van der Waals surface area (Å²) in [6, 6.07) is 10.9. The highest BCUT2D eigenvalue weighted by molar-refractivity contribution is 7.85. The van der Waals surface area contributed by atoms with E-state index in [1.807, 2.05) is 46.7 Å². The van der Waals surface area contributed by atoms with E-state index in [1.54, 1.807) is 30.3 Å². The van der Waals surface area contributed by atoms with Crippen molar-refractivity contribution >= 4 is 37.6 Å². The van der Waals surface area contributed by atoms with Crippen molar-refractivity contribution in [1.29, 1.82) is 0 Å². The summed E-state index contributed by atoms with van der Waals surface area (Å²) in [5.41, 5.74) is 2.93. The van der Waals surface area contributed by atoms with Gasteiger partial charge in [0, 0.05) is 40.9 Å². The molecule has 0 bridgehead atoms. The zero-order valence-corrected chi connectivity index (χ0v) is 23.4. The Kier molecular flexibility index (Phi) is 18.3. The number of allylic oxidation sites excluding steroid dienone is 2. The van der Waals surface area contributed by atoms with Crippen molar-refractivity contribution in [2.45, 2.75) is 27.7 Å². The Labute approximate surface area is 225 Å². The first kappa shape index (κ1) is 33.9. The van der Waals surface area contributed by atoms with Crippen molar-refractivity contribution in [3.8, 4) is 5.75 Å². The van der Waals surface area contributed by atoms with Crippen molar-refractivity contribution in [3.63, 3.8) is 0 Å². The summed E-state index contributed by atoms with van der Waals surface area (Å²) in [6.45, 7) is 13.4. The van der Waals surface area contributed by atoms with Gasteiger partial charge in [0.2, 0.25) is 0 Å². The van der Waals surface area contributed by atoms with Gasteiger partial charge in [0.25, 0.3) is 0 Å². The molecule has 0 heterocycles. The summed E-state index contributed by atoms with van der Waals surface area (Å²) < 4.78 is 24.8. The lowest BCUT2D eigenvalue weighted by molar-refractivity contribution is 0.0888. The molecule has 7 nitrogen and oxygen atoms in total. The molecule has 2 aromatic rings. The number of halogens is 1. The van der Waals surface area contributed by atoms with Crippen LogP contribution < -0.4 is 4.74 Å². The van der Waals surface area contributed by atoms with E-state index in [0.29, 0.717) is 65.4 Å². The summed E-state index contributed by atoms with van der Waals surface area (Å²) in [4.78, 5) is 23.1. The molecule has 0 aliphatic heterocycles. The van der Waals surface area contributed by atoms with Gasteiger partial charge in [-0.3, -0.25) is 9.59 Å². The number of benzene rings is 2. The van der Waals surface area contributed by atoms with Crippen molar-refractivity contribution in [3.05, 3.63) is 75.5 Å². The van der Waals surface area contributed by atoms with E-state index in [-0.39, 0.29) is 0 Å². The van der Waals surface area contributed by atoms with Gasteiger partial charge in [-0.15, -0.1) is 17.7 Å². The lowest BCUT2D eigenvalue weighted by Gasteiger charge is -2.14. The van der Waals surface area contributed by atoms with Gasteiger partial charge in [-0.1, -0.05) is 43.7 Å². The Balaban J connectivity index is 0.000000894. The number of nitrogens with zero attached hydrogens (tertiary/aromatic N) is 3. The summed E-state index contributed by atoms with van der Waals surface area (Å²) in [6.07, 6.45) is 1.34. The molecule has 37 heavy (non-hydrogen) atoms. The number of carbonyl (C=O) groups excluding carboxylic acids is 2. The Morgan fingerprint density at radius 2 is 1.62 bits per heavy atom. The molecule has 2 rings (SSSR count). The maximum atomic E-state index is 13.7. The first-order valence-electron chi connectivity index (χ1n) is 11.8. The van der Waals surface area contributed by atoms with Crippen LogP contribution in [0.1, 0.15) is 54.0 Å². The van der Waals surface area contributed by atoms with E-state index in [2.05, 4.69) is 29.5 Å². The van der Waals surface area contributed by atoms with Crippen LogP contribution in [0.2, 0.25) is 0 Å². The van der Waals surface area contributed by atoms with Gasteiger partial charge in [-0.05, 0) is 40.1 Å². The molecule has 0 amide bonds. The van der Waals surface area contributed by atoms with Gasteiger partial charge in [-0.2, -0.15) is 5.10 Å². The van der Waals surface area contributed by atoms with Gasteiger partial charge in [0.05, 0.1) is 13.2 Å². The molecule has 0 saturated heterocycles. The smallest absolute Gasteiger partial charge is 0.150 e. The number of thiol groups is 1. The normalized spacial score (nSPS) is 10.4. The quantitative estimate of drug-likeness (QED) is 0.124. The Hall–Kier alpha value is -3.14. The highest BCUT2D eigenvalue weighted by Crippen LogP contribution is 2.26. The SMILES string of the molecule is C=N/N=C(\C(S)=C(C)C)c1ccc(F)cc1OCCOCCN(C)C.CC.O=Cc1ccccc1C=O. The Morgan fingerprint density at radius 1 is 1.03 bits per heavy atom. The Bertz CT molecular complexity index is 1020. The maximum Gasteiger partial charge on any atom is 0.150 e. The van der Waals surface area contributed by atoms with E-state index in [1.165, 1.54) is 12.1 Å². The first-order chi connectivity index (χ1) is 17.7. The average molecular weight is 532 g/mol. The average Bonchev–Trinajstić information content (AvgIpc) is 2.90. The molecule has 9 heteroatoms. The zero-order chi connectivity index (χ0) is 28.2. The molecule has 0 aromatic heterocycles. The fourth-order valence-corrected chi connectivity index (χ4v) is 2.80. The predicted molar refractivity (Wildman–Crippen MR) is 153 cm³/mol. The minimum absolute atomic E-state index is 0.301. The molecule has 0 atom stereocenters. The molecule has 202 valence electrons. The number of aldehydes is 2. The van der Waals surface area contributed by atoms with E-state index in [4.69, 9.17) is 9.47 Å². The third-order valence-electron chi connectivity index (χ3n) is 4.49. The van der Waals surface area contributed by atoms with Crippen molar-refractivity contribution in [1.82, 2.24) is 4.90 Å². The minimum Gasteiger partial charge on any atom is -0.490 e. The third kappa shape index (κ3) is 13.1. The van der Waals surface area contributed by atoms with E-state index in [9.17, 15) is 14.0 Å². The monoisotopic (exact) mass is 531 g/mol. The summed E-state index contributed by atoms with van der Waals surface area (Å²) in [7, 11) is 3.96. The standard InChI is InChI=1S/C18H26FN3O2S.C8H6O2.C2H6/c1-13(2)18(25)17(21-20-3)15-7-6-14(19)12-16(15)24-11-10-23-9-8-22(4)5;9-5-7-3-1-2-4-8(7)6-10;1-2/h6-7,12,25H,3,8-11H2,1-2,4-5H3;1-6H;1-2H3/b21-17-;;. The summed E-state index contributed by atoms with van der Waals surface area (Å²) >= 11 is 4.48. The summed E-state index contributed by atoms with van der Waals surface area (Å²) in [5.74, 6) is -0.0255. The second-order valence-electron chi connectivity index (χ2n) is 7.71. The molecule has 0 spiro atoms. The van der Waals surface area contributed by atoms with Crippen LogP contribution in [0.3, 0.4) is 0 Å². The molecule has 0 saturated carbocycles. The summed E-state index contributed by atoms with van der Waals surface area (Å²) in [5, 5.41) is 7.63. The largest absolute Gasteiger partial charge is 0.490 e. The highest BCUT2D eigenvalue weighted by Gasteiger charge is 2.15. The Morgan fingerprint density at radius 3 is 2.11 bits per heavy atom. The second-order valence-corrected chi connectivity index (χ2v) is 8.16. The minimum atomic E-state index is -0.392. The van der Waals surface area contributed by atoms with Gasteiger partial charge >= 0.3 is 0 Å². The molecule has 0 aliphatic rings. The van der Waals surface area contributed by atoms with E-state index < -0.39 is 5.82 Å². The van der Waals surface area contributed by atoms with Gasteiger partial charge in [0.1, 0.15) is 23.9 Å². The second kappa shape index (κ2) is 20.0. The molecule has 0 fully saturated rings. The van der Waals surface area contributed by atoms with Crippen LogP contribution in [0.25, 0.3) is 0 Å². The number of carbonyl (C=O) groups is 2. The topological polar surface area (TPSA) is 80.6 Å². The molecule has 0 unspecified atom stereocenters. The lowest BCUT2D eigenvalue weighted by atomic mass is 10.1. The number of ether oxygens (including phenoxy) is 2. The molecule has 0 N–H and O–H groups in total. The third-order valence-corrected chi connectivity index (χ3v) is 5.14. The molecule has 0 aliphatic carbocycles. The molecular formula is C28H38FN3O4S. The molecule has 2 aromatic carbocycles. The number of hydrogen-bond donors (Lipinski definition) is 1. The van der Waals surface area contributed by atoms with Crippen LogP contribution in [0.15, 0.2) is 63.1 Å². The first-order valence-corrected chi connectivity index (χ1v) is 12.2. The number of hydrogen-bond acceptors (Lipinski definition) is 8. The maximum absolute atomic E-state index is 13.7. The van der Waals surface area contributed by atoms with Gasteiger partial charge in [0.15, 0.2) is 12.6 Å². The van der Waals surface area contributed by atoms with Crippen LogP contribution in [-0.4, -0.2) is 70.4 Å². The predicted octanol–water partition coefficient (Wildman–Crippen LogP) is 5.75. The lowest BCUT2D eigenvalue weighted by Crippen LogP contribution is -2.19. The van der Waals surface area contributed by atoms with Crippen molar-refractivity contribution in [2.75, 3.05) is 40.5 Å². The molecular weight excluding hydrogens is 493 g/mol. The number of likely N-dealkylation sites (N-methyl/N-ethyl adjacent to an activating group) is 1. The van der Waals surface area contributed by atoms with Gasteiger partial charge in [-0.25, -0.2) is 4.39 Å². The van der Waals surface area contributed by atoms with Gasteiger partial charge < -0.3 is 14.4 Å². The van der Waals surface area contributed by atoms with Crippen LogP contribution in [0, 0.1) is 5.82 Å². The fraction of sp³-hybridized carbons (Fsp3) is 0.357. The zero-order valence-electron chi connectivity index (χ0n) is 22.5.